The number of esters is 1. The van der Waals surface area contributed by atoms with E-state index in [1.165, 1.54) is 6.92 Å². The van der Waals surface area contributed by atoms with Crippen LogP contribution in [0.1, 0.15) is 19.8 Å². The molecule has 1 fully saturated rings. The normalized spacial score (nSPS) is 21.3. The van der Waals surface area contributed by atoms with Crippen LogP contribution >= 0.6 is 0 Å². The molecule has 8 heteroatoms. The Labute approximate surface area is 107 Å². The highest BCUT2D eigenvalue weighted by Crippen LogP contribution is 2.19. The smallest absolute Gasteiger partial charge is 0.325 e. The molecule has 0 radical (unpaired) electrons. The second-order valence-corrected chi connectivity index (χ2v) is 6.45. The molecular formula is C10H19NO6S. The standard InChI is InChI=1S/C10H19NO6S/c1-8(9(12)16-2)18(14,15)11-7-10(13)3-5-17-6-4-10/h8,11,13H,3-7H2,1-2H3. The van der Waals surface area contributed by atoms with Crippen molar-refractivity contribution in [1.29, 1.82) is 0 Å². The molecule has 0 aromatic carbocycles. The molecule has 1 aliphatic rings. The molecule has 1 heterocycles. The molecule has 0 saturated carbocycles. The molecule has 1 atom stereocenters. The van der Waals surface area contributed by atoms with E-state index in [-0.39, 0.29) is 6.54 Å². The summed E-state index contributed by atoms with van der Waals surface area (Å²) in [6.45, 7) is 1.90. The van der Waals surface area contributed by atoms with E-state index in [2.05, 4.69) is 9.46 Å². The highest BCUT2D eigenvalue weighted by molar-refractivity contribution is 7.90. The lowest BCUT2D eigenvalue weighted by Gasteiger charge is -2.32. The second-order valence-electron chi connectivity index (χ2n) is 4.37. The van der Waals surface area contributed by atoms with Crippen molar-refractivity contribution in [2.75, 3.05) is 26.9 Å². The highest BCUT2D eigenvalue weighted by atomic mass is 32.2. The number of hydrogen-bond acceptors (Lipinski definition) is 6. The maximum Gasteiger partial charge on any atom is 0.325 e. The second kappa shape index (κ2) is 5.96. The summed E-state index contributed by atoms with van der Waals surface area (Å²) in [5.41, 5.74) is -1.11. The maximum atomic E-state index is 11.8. The zero-order chi connectivity index (χ0) is 13.8. The van der Waals surface area contributed by atoms with Crippen LogP contribution in [0.5, 0.6) is 0 Å². The lowest BCUT2D eigenvalue weighted by atomic mass is 9.95. The first-order valence-electron chi connectivity index (χ1n) is 5.67. The summed E-state index contributed by atoms with van der Waals surface area (Å²) >= 11 is 0. The Morgan fingerprint density at radius 1 is 1.50 bits per heavy atom. The first-order chi connectivity index (χ1) is 8.31. The molecule has 2 N–H and O–H groups in total. The SMILES string of the molecule is COC(=O)C(C)S(=O)(=O)NCC1(O)CCOCC1. The van der Waals surface area contributed by atoms with Gasteiger partial charge in [-0.1, -0.05) is 0 Å². The van der Waals surface area contributed by atoms with Crippen molar-refractivity contribution in [2.24, 2.45) is 0 Å². The number of nitrogens with one attached hydrogen (secondary N) is 1. The molecule has 1 unspecified atom stereocenters. The Balaban J connectivity index is 2.58. The third-order valence-electron chi connectivity index (χ3n) is 3.02. The van der Waals surface area contributed by atoms with E-state index in [0.717, 1.165) is 7.11 Å². The molecular weight excluding hydrogens is 262 g/mol. The highest BCUT2D eigenvalue weighted by Gasteiger charge is 2.34. The number of hydrogen-bond donors (Lipinski definition) is 2. The van der Waals surface area contributed by atoms with Crippen LogP contribution in [0.15, 0.2) is 0 Å². The van der Waals surface area contributed by atoms with Gasteiger partial charge in [0.2, 0.25) is 10.0 Å². The predicted molar refractivity (Wildman–Crippen MR) is 63.4 cm³/mol. The molecule has 7 nitrogen and oxygen atoms in total. The number of ether oxygens (including phenoxy) is 2. The average molecular weight is 281 g/mol. The van der Waals surface area contributed by atoms with Gasteiger partial charge in [0.25, 0.3) is 0 Å². The van der Waals surface area contributed by atoms with Crippen LogP contribution in [0.25, 0.3) is 0 Å². The van der Waals surface area contributed by atoms with Crippen LogP contribution < -0.4 is 4.72 Å². The van der Waals surface area contributed by atoms with E-state index in [4.69, 9.17) is 4.74 Å². The first-order valence-corrected chi connectivity index (χ1v) is 7.22. The summed E-state index contributed by atoms with van der Waals surface area (Å²) < 4.78 is 35.2. The summed E-state index contributed by atoms with van der Waals surface area (Å²) in [7, 11) is -2.71. The van der Waals surface area contributed by atoms with Crippen molar-refractivity contribution in [3.8, 4) is 0 Å². The number of aliphatic hydroxyl groups is 1. The minimum Gasteiger partial charge on any atom is -0.468 e. The van der Waals surface area contributed by atoms with Crippen LogP contribution in [-0.4, -0.2) is 57.2 Å². The summed E-state index contributed by atoms with van der Waals surface area (Å²) in [4.78, 5) is 11.2. The molecule has 0 spiro atoms. The third kappa shape index (κ3) is 3.91. The van der Waals surface area contributed by atoms with Crippen molar-refractivity contribution in [3.05, 3.63) is 0 Å². The molecule has 1 aliphatic heterocycles. The van der Waals surface area contributed by atoms with Gasteiger partial charge in [0.05, 0.1) is 12.7 Å². The van der Waals surface area contributed by atoms with E-state index < -0.39 is 26.8 Å². The lowest BCUT2D eigenvalue weighted by Crippen LogP contribution is -2.49. The van der Waals surface area contributed by atoms with Crippen LogP contribution in [0, 0.1) is 0 Å². The Hall–Kier alpha value is -0.700. The monoisotopic (exact) mass is 281 g/mol. The number of rotatable bonds is 5. The lowest BCUT2D eigenvalue weighted by molar-refractivity contribution is -0.139. The van der Waals surface area contributed by atoms with Crippen LogP contribution in [0.3, 0.4) is 0 Å². The zero-order valence-electron chi connectivity index (χ0n) is 10.5. The van der Waals surface area contributed by atoms with Gasteiger partial charge < -0.3 is 14.6 Å². The molecule has 0 aromatic rings. The van der Waals surface area contributed by atoms with E-state index in [1.54, 1.807) is 0 Å². The van der Waals surface area contributed by atoms with Crippen LogP contribution in [0.2, 0.25) is 0 Å². The summed E-state index contributed by atoms with van der Waals surface area (Å²) in [5.74, 6) is -0.832. The molecule has 0 aliphatic carbocycles. The van der Waals surface area contributed by atoms with Gasteiger partial charge in [-0.2, -0.15) is 0 Å². The molecule has 0 bridgehead atoms. The van der Waals surface area contributed by atoms with Gasteiger partial charge in [-0.15, -0.1) is 0 Å². The first kappa shape index (κ1) is 15.4. The van der Waals surface area contributed by atoms with Gasteiger partial charge in [0.15, 0.2) is 5.25 Å². The van der Waals surface area contributed by atoms with Gasteiger partial charge >= 0.3 is 5.97 Å². The minimum absolute atomic E-state index is 0.125. The van der Waals surface area contributed by atoms with Crippen molar-refractivity contribution in [2.45, 2.75) is 30.6 Å². The fourth-order valence-corrected chi connectivity index (χ4v) is 2.65. The minimum atomic E-state index is -3.83. The molecule has 1 rings (SSSR count). The summed E-state index contributed by atoms with van der Waals surface area (Å²) in [6.07, 6.45) is 0.726. The Kier molecular flexibility index (Phi) is 5.09. The van der Waals surface area contributed by atoms with Crippen LogP contribution in [0.4, 0.5) is 0 Å². The van der Waals surface area contributed by atoms with Gasteiger partial charge in [0.1, 0.15) is 0 Å². The third-order valence-corrected chi connectivity index (χ3v) is 4.69. The number of methoxy groups -OCH3 is 1. The van der Waals surface area contributed by atoms with Crippen molar-refractivity contribution in [3.63, 3.8) is 0 Å². The van der Waals surface area contributed by atoms with E-state index in [0.29, 0.717) is 26.1 Å². The van der Waals surface area contributed by atoms with Crippen molar-refractivity contribution < 1.29 is 27.8 Å². The molecule has 106 valence electrons. The Morgan fingerprint density at radius 2 is 2.06 bits per heavy atom. The Morgan fingerprint density at radius 3 is 2.56 bits per heavy atom. The number of carbonyl (C=O) groups is 1. The molecule has 0 amide bonds. The largest absolute Gasteiger partial charge is 0.468 e. The Bertz CT molecular complexity index is 387. The average Bonchev–Trinajstić information content (AvgIpc) is 2.36. The fourth-order valence-electron chi connectivity index (χ4n) is 1.58. The van der Waals surface area contributed by atoms with Gasteiger partial charge in [0, 0.05) is 32.6 Å². The van der Waals surface area contributed by atoms with E-state index in [9.17, 15) is 18.3 Å². The zero-order valence-corrected chi connectivity index (χ0v) is 11.3. The van der Waals surface area contributed by atoms with Crippen LogP contribution in [-0.2, 0) is 24.3 Å². The van der Waals surface area contributed by atoms with Crippen molar-refractivity contribution in [1.82, 2.24) is 4.72 Å². The molecule has 18 heavy (non-hydrogen) atoms. The van der Waals surface area contributed by atoms with Gasteiger partial charge in [-0.05, 0) is 6.92 Å². The van der Waals surface area contributed by atoms with Gasteiger partial charge in [-0.25, -0.2) is 13.1 Å². The predicted octanol–water partition coefficient (Wildman–Crippen LogP) is -0.991. The fraction of sp³-hybridized carbons (Fsp3) is 0.900. The number of sulfonamides is 1. The van der Waals surface area contributed by atoms with Crippen molar-refractivity contribution >= 4 is 16.0 Å². The quantitative estimate of drug-likeness (QED) is 0.627. The summed E-state index contributed by atoms with van der Waals surface area (Å²) in [6, 6.07) is 0. The summed E-state index contributed by atoms with van der Waals surface area (Å²) in [5, 5.41) is 8.79. The maximum absolute atomic E-state index is 11.8. The van der Waals surface area contributed by atoms with E-state index in [1.807, 2.05) is 0 Å². The number of carbonyl (C=O) groups excluding carboxylic acids is 1. The molecule has 1 saturated heterocycles. The van der Waals surface area contributed by atoms with Gasteiger partial charge in [-0.3, -0.25) is 4.79 Å². The van der Waals surface area contributed by atoms with E-state index >= 15 is 0 Å². The molecule has 0 aromatic heterocycles. The topological polar surface area (TPSA) is 102 Å².